The van der Waals surface area contributed by atoms with Gasteiger partial charge in [0.05, 0.1) is 11.1 Å². The normalized spacial score (nSPS) is 11.6. The second-order valence-electron chi connectivity index (χ2n) is 18.1. The molecule has 0 amide bonds. The monoisotopic (exact) mass is 847 g/mol. The lowest BCUT2D eigenvalue weighted by Crippen LogP contribution is -2.32. The molecule has 10 rings (SSSR count). The summed E-state index contributed by atoms with van der Waals surface area (Å²) < 4.78 is 0. The van der Waals surface area contributed by atoms with Crippen molar-refractivity contribution in [3.63, 3.8) is 0 Å². The van der Waals surface area contributed by atoms with E-state index in [1.54, 1.807) is 0 Å². The average Bonchev–Trinajstić information content (AvgIpc) is 3.38. The second-order valence-corrected chi connectivity index (χ2v) is 18.1. The van der Waals surface area contributed by atoms with E-state index in [0.29, 0.717) is 0 Å². The number of nitrogens with zero attached hydrogens (tertiary/aromatic N) is 1. The van der Waals surface area contributed by atoms with E-state index in [4.69, 9.17) is 0 Å². The van der Waals surface area contributed by atoms with Crippen molar-refractivity contribution in [2.75, 3.05) is 4.90 Å². The van der Waals surface area contributed by atoms with Crippen molar-refractivity contribution in [1.29, 1.82) is 0 Å². The lowest BCUT2D eigenvalue weighted by molar-refractivity contribution is 0.587. The molecule has 10 aromatic rings. The van der Waals surface area contributed by atoms with E-state index in [2.05, 4.69) is 293 Å². The summed E-state index contributed by atoms with van der Waals surface area (Å²) in [6.07, 6.45) is 0. The molecule has 0 N–H and O–H groups in total. The molecule has 0 atom stereocenters. The summed E-state index contributed by atoms with van der Waals surface area (Å²) in [6, 6.07) is 97.8. The van der Waals surface area contributed by atoms with E-state index in [0.717, 1.165) is 39.3 Å². The van der Waals surface area contributed by atoms with Gasteiger partial charge < -0.3 is 4.90 Å². The van der Waals surface area contributed by atoms with Crippen LogP contribution in [-0.2, 0) is 10.8 Å². The van der Waals surface area contributed by atoms with Crippen LogP contribution in [0.25, 0.3) is 44.5 Å². The number of hydrogen-bond donors (Lipinski definition) is 0. The third-order valence-corrected chi connectivity index (χ3v) is 13.0. The molecule has 0 aliphatic carbocycles. The fraction of sp³-hybridized carbons (Fsp3) is 0.0769. The van der Waals surface area contributed by atoms with Gasteiger partial charge >= 0.3 is 0 Å². The minimum atomic E-state index is -0.697. The second kappa shape index (κ2) is 18.2. The molecular formula is C65H53N. The molecule has 0 radical (unpaired) electrons. The number of rotatable bonds is 11. The van der Waals surface area contributed by atoms with E-state index in [-0.39, 0.29) is 5.41 Å². The summed E-state index contributed by atoms with van der Waals surface area (Å²) in [5.74, 6) is 0. The summed E-state index contributed by atoms with van der Waals surface area (Å²) in [5.41, 5.74) is 17.8. The number of anilines is 3. The molecule has 66 heavy (non-hydrogen) atoms. The van der Waals surface area contributed by atoms with E-state index in [1.807, 2.05) is 0 Å². The zero-order chi connectivity index (χ0) is 44.9. The first kappa shape index (κ1) is 42.0. The molecule has 0 aliphatic heterocycles. The first-order valence-electron chi connectivity index (χ1n) is 23.0. The SMILES string of the molecule is CC(C)(C)c1cc(N(c2ccc(-c3ccccc3)cc2)c2c(-c3ccccc3)cccc2-c2ccccc2)cc(C(c2ccccc2)(c2ccccc2)c2ccc(-c3ccccc3)cc2)c1. The highest BCUT2D eigenvalue weighted by Gasteiger charge is 2.40. The van der Waals surface area contributed by atoms with Gasteiger partial charge in [-0.25, -0.2) is 0 Å². The van der Waals surface area contributed by atoms with Crippen molar-refractivity contribution >= 4 is 17.1 Å². The maximum Gasteiger partial charge on any atom is 0.0702 e. The fourth-order valence-corrected chi connectivity index (χ4v) is 9.64. The van der Waals surface area contributed by atoms with Crippen LogP contribution in [0.3, 0.4) is 0 Å². The quantitative estimate of drug-likeness (QED) is 0.117. The molecule has 0 saturated heterocycles. The van der Waals surface area contributed by atoms with Gasteiger partial charge in [0.15, 0.2) is 0 Å². The van der Waals surface area contributed by atoms with Gasteiger partial charge in [0, 0.05) is 22.5 Å². The standard InChI is InChI=1S/C65H53N/c1-64(2,3)57-45-58(65(54-31-18-8-19-32-54,55-33-20-9-21-34-55)56-41-37-50(38-42-56)48-23-10-4-11-24-48)47-60(46-57)66(59-43-39-51(40-44-59)49-25-12-5-13-26-49)63-61(52-27-14-6-15-28-52)35-22-36-62(63)53-29-16-7-17-30-53/h4-47H,1-3H3. The number of benzene rings is 10. The minimum Gasteiger partial charge on any atom is -0.309 e. The van der Waals surface area contributed by atoms with Crippen LogP contribution in [0.15, 0.2) is 267 Å². The maximum atomic E-state index is 2.53. The highest BCUT2D eigenvalue weighted by molar-refractivity contribution is 5.98. The average molecular weight is 848 g/mol. The highest BCUT2D eigenvalue weighted by atomic mass is 15.1. The Labute approximate surface area is 391 Å². The lowest BCUT2D eigenvalue weighted by Gasteiger charge is -2.39. The van der Waals surface area contributed by atoms with Gasteiger partial charge in [-0.3, -0.25) is 0 Å². The van der Waals surface area contributed by atoms with Crippen LogP contribution in [0.2, 0.25) is 0 Å². The van der Waals surface area contributed by atoms with Crippen LogP contribution in [0.1, 0.15) is 48.6 Å². The molecule has 0 saturated carbocycles. The van der Waals surface area contributed by atoms with Gasteiger partial charge in [0.25, 0.3) is 0 Å². The zero-order valence-corrected chi connectivity index (χ0v) is 37.9. The van der Waals surface area contributed by atoms with Gasteiger partial charge in [0.2, 0.25) is 0 Å². The van der Waals surface area contributed by atoms with Crippen LogP contribution in [0, 0.1) is 0 Å². The Morgan fingerprint density at radius 3 is 1.03 bits per heavy atom. The van der Waals surface area contributed by atoms with Crippen molar-refractivity contribution in [3.8, 4) is 44.5 Å². The van der Waals surface area contributed by atoms with Crippen LogP contribution in [0.5, 0.6) is 0 Å². The lowest BCUT2D eigenvalue weighted by atomic mass is 9.64. The largest absolute Gasteiger partial charge is 0.309 e. The van der Waals surface area contributed by atoms with Gasteiger partial charge in [-0.1, -0.05) is 263 Å². The zero-order valence-electron chi connectivity index (χ0n) is 37.9. The van der Waals surface area contributed by atoms with Gasteiger partial charge in [0.1, 0.15) is 0 Å². The molecule has 0 spiro atoms. The highest BCUT2D eigenvalue weighted by Crippen LogP contribution is 2.51. The molecule has 0 aliphatic rings. The van der Waals surface area contributed by atoms with Gasteiger partial charge in [-0.05, 0) is 90.9 Å². The summed E-state index contributed by atoms with van der Waals surface area (Å²) in [4.78, 5) is 2.53. The van der Waals surface area contributed by atoms with E-state index >= 15 is 0 Å². The Balaban J connectivity index is 1.31. The van der Waals surface area contributed by atoms with Crippen molar-refractivity contribution < 1.29 is 0 Å². The van der Waals surface area contributed by atoms with Crippen LogP contribution in [0.4, 0.5) is 17.1 Å². The first-order chi connectivity index (χ1) is 32.4. The minimum absolute atomic E-state index is 0.203. The fourth-order valence-electron chi connectivity index (χ4n) is 9.64. The maximum absolute atomic E-state index is 2.53. The van der Waals surface area contributed by atoms with Crippen LogP contribution in [-0.4, -0.2) is 0 Å². The summed E-state index contributed by atoms with van der Waals surface area (Å²) in [5, 5.41) is 0. The molecule has 0 bridgehead atoms. The van der Waals surface area contributed by atoms with Crippen molar-refractivity contribution in [1.82, 2.24) is 0 Å². The summed E-state index contributed by atoms with van der Waals surface area (Å²) in [7, 11) is 0. The molecular weight excluding hydrogens is 795 g/mol. The Kier molecular flexibility index (Phi) is 11.6. The Morgan fingerprint density at radius 1 is 0.258 bits per heavy atom. The Hall–Kier alpha value is -8.00. The Morgan fingerprint density at radius 2 is 0.606 bits per heavy atom. The predicted octanol–water partition coefficient (Wildman–Crippen LogP) is 17.5. The molecule has 0 unspecified atom stereocenters. The predicted molar refractivity (Wildman–Crippen MR) is 280 cm³/mol. The van der Waals surface area contributed by atoms with Gasteiger partial charge in [-0.2, -0.15) is 0 Å². The van der Waals surface area contributed by atoms with E-state index in [9.17, 15) is 0 Å². The molecule has 1 heteroatoms. The van der Waals surface area contributed by atoms with Crippen LogP contribution >= 0.6 is 0 Å². The van der Waals surface area contributed by atoms with Crippen molar-refractivity contribution in [2.45, 2.75) is 31.6 Å². The summed E-state index contributed by atoms with van der Waals surface area (Å²) >= 11 is 0. The van der Waals surface area contributed by atoms with E-state index in [1.165, 1.54) is 50.1 Å². The van der Waals surface area contributed by atoms with E-state index < -0.39 is 5.41 Å². The molecule has 318 valence electrons. The molecule has 10 aromatic carbocycles. The van der Waals surface area contributed by atoms with Crippen molar-refractivity contribution in [2.24, 2.45) is 0 Å². The third-order valence-electron chi connectivity index (χ3n) is 13.0. The molecule has 0 fully saturated rings. The van der Waals surface area contributed by atoms with Crippen molar-refractivity contribution in [3.05, 3.63) is 295 Å². The van der Waals surface area contributed by atoms with Crippen LogP contribution < -0.4 is 4.90 Å². The smallest absolute Gasteiger partial charge is 0.0702 e. The first-order valence-corrected chi connectivity index (χ1v) is 23.0. The number of para-hydroxylation sites is 1. The molecule has 0 heterocycles. The number of hydrogen-bond acceptors (Lipinski definition) is 1. The molecule has 0 aromatic heterocycles. The third kappa shape index (κ3) is 8.17. The van der Waals surface area contributed by atoms with Gasteiger partial charge in [-0.15, -0.1) is 0 Å². The Bertz CT molecular complexity index is 3060. The topological polar surface area (TPSA) is 3.24 Å². The summed E-state index contributed by atoms with van der Waals surface area (Å²) in [6.45, 7) is 7.01. The molecule has 1 nitrogen and oxygen atoms in total.